The molecule has 2 bridgehead atoms. The maximum atomic E-state index is 13.6. The van der Waals surface area contributed by atoms with Gasteiger partial charge in [0, 0.05) is 54.7 Å². The summed E-state index contributed by atoms with van der Waals surface area (Å²) in [4.78, 5) is 33.0. The zero-order valence-corrected chi connectivity index (χ0v) is 21.7. The first-order valence-corrected chi connectivity index (χ1v) is 13.3. The van der Waals surface area contributed by atoms with Gasteiger partial charge in [-0.05, 0) is 63.0 Å². The Labute approximate surface area is 222 Å². The van der Waals surface area contributed by atoms with Crippen molar-refractivity contribution in [2.75, 3.05) is 50.7 Å². The molecule has 37 heavy (non-hydrogen) atoms. The van der Waals surface area contributed by atoms with Crippen LogP contribution in [0.2, 0.25) is 5.02 Å². The molecule has 4 heterocycles. The van der Waals surface area contributed by atoms with Gasteiger partial charge in [0.2, 0.25) is 0 Å². The average Bonchev–Trinajstić information content (AvgIpc) is 3.39. The Morgan fingerprint density at radius 3 is 2.78 bits per heavy atom. The number of anilines is 1. The molecule has 4 aliphatic heterocycles. The molecule has 0 radical (unpaired) electrons. The number of carbonyl (C=O) groups excluding carboxylic acids is 2. The van der Waals surface area contributed by atoms with Crippen molar-refractivity contribution >= 4 is 29.0 Å². The number of Topliss-reactive ketones (excluding diaryl/α,β-unsaturated/α-hetero) is 1. The predicted molar refractivity (Wildman–Crippen MR) is 143 cm³/mol. The van der Waals surface area contributed by atoms with Crippen molar-refractivity contribution in [1.82, 2.24) is 15.1 Å². The van der Waals surface area contributed by atoms with Gasteiger partial charge in [0.1, 0.15) is 11.3 Å². The summed E-state index contributed by atoms with van der Waals surface area (Å²) in [5.41, 5.74) is 1.90. The number of β-amino-alcohol motifs (C(OH)–C–C–N with tert-alkyl or cyclic N) is 1. The highest BCUT2D eigenvalue weighted by Gasteiger charge is 2.32. The summed E-state index contributed by atoms with van der Waals surface area (Å²) in [6, 6.07) is 5.24. The van der Waals surface area contributed by atoms with E-state index < -0.39 is 12.0 Å². The molecule has 0 spiro atoms. The fraction of sp³-hybridized carbons (Fsp3) is 0.429. The molecular weight excluding hydrogens is 492 g/mol. The Bertz CT molecular complexity index is 1180. The van der Waals surface area contributed by atoms with E-state index in [1.165, 1.54) is 12.8 Å². The van der Waals surface area contributed by atoms with E-state index in [1.807, 2.05) is 9.80 Å². The lowest BCUT2D eigenvalue weighted by Crippen LogP contribution is -2.40. The molecule has 1 amide bonds. The molecule has 196 valence electrons. The molecule has 1 atom stereocenters. The Morgan fingerprint density at radius 2 is 2.00 bits per heavy atom. The van der Waals surface area contributed by atoms with Crippen molar-refractivity contribution in [3.63, 3.8) is 0 Å². The van der Waals surface area contributed by atoms with E-state index in [0.29, 0.717) is 40.9 Å². The van der Waals surface area contributed by atoms with E-state index in [0.717, 1.165) is 44.7 Å². The number of amides is 1. The van der Waals surface area contributed by atoms with Gasteiger partial charge < -0.3 is 29.9 Å². The summed E-state index contributed by atoms with van der Waals surface area (Å²) in [5.74, 6) is 0.205. The lowest BCUT2D eigenvalue weighted by molar-refractivity contribution is -0.121. The van der Waals surface area contributed by atoms with Crippen LogP contribution in [0.5, 0.6) is 5.75 Å². The van der Waals surface area contributed by atoms with Crippen molar-refractivity contribution in [2.24, 2.45) is 0 Å². The molecule has 2 saturated heterocycles. The number of ketones is 1. The topological polar surface area (TPSA) is 85.4 Å². The number of fused-ring (bicyclic) bond motifs is 4. The number of carbonyl (C=O) groups is 2. The molecule has 1 unspecified atom stereocenters. The van der Waals surface area contributed by atoms with Crippen molar-refractivity contribution < 1.29 is 19.4 Å². The summed E-state index contributed by atoms with van der Waals surface area (Å²) in [6.07, 6.45) is 8.65. The number of nitrogens with zero attached hydrogens (tertiary/aromatic N) is 3. The number of hydrogen-bond acceptors (Lipinski definition) is 7. The first-order valence-electron chi connectivity index (χ1n) is 12.9. The van der Waals surface area contributed by atoms with Gasteiger partial charge >= 0.3 is 0 Å². The van der Waals surface area contributed by atoms with Crippen LogP contribution in [0.3, 0.4) is 0 Å². The van der Waals surface area contributed by atoms with E-state index >= 15 is 0 Å². The first kappa shape index (κ1) is 25.6. The number of nitrogens with one attached hydrogen (secondary N) is 1. The molecule has 0 saturated carbocycles. The van der Waals surface area contributed by atoms with E-state index in [1.54, 1.807) is 36.6 Å². The molecular formula is C28H33ClN4O4. The highest BCUT2D eigenvalue weighted by atomic mass is 35.5. The van der Waals surface area contributed by atoms with E-state index in [2.05, 4.69) is 16.8 Å². The second-order valence-electron chi connectivity index (χ2n) is 9.97. The molecule has 0 aromatic heterocycles. The number of ether oxygens (including phenoxy) is 1. The molecule has 1 aromatic carbocycles. The minimum absolute atomic E-state index is 0.0716. The number of rotatable bonds is 5. The highest BCUT2D eigenvalue weighted by Crippen LogP contribution is 2.37. The molecule has 5 rings (SSSR count). The van der Waals surface area contributed by atoms with Crippen molar-refractivity contribution in [3.8, 4) is 5.75 Å². The van der Waals surface area contributed by atoms with Gasteiger partial charge in [-0.15, -0.1) is 0 Å². The summed E-state index contributed by atoms with van der Waals surface area (Å²) >= 11 is 6.32. The third kappa shape index (κ3) is 5.92. The van der Waals surface area contributed by atoms with Crippen LogP contribution in [-0.4, -0.2) is 78.5 Å². The van der Waals surface area contributed by atoms with E-state index in [4.69, 9.17) is 16.3 Å². The van der Waals surface area contributed by atoms with Gasteiger partial charge in [0.05, 0.1) is 18.3 Å². The minimum atomic E-state index is -0.448. The normalized spacial score (nSPS) is 25.4. The second kappa shape index (κ2) is 11.1. The molecule has 8 nitrogen and oxygen atoms in total. The molecule has 4 aliphatic rings. The Morgan fingerprint density at radius 1 is 1.19 bits per heavy atom. The fourth-order valence-electron chi connectivity index (χ4n) is 5.27. The standard InChI is InChI=1S/C28H33ClN4O4/c1-19-13-22(32-11-4-5-23(34)17-32)14-20-16-33(25-15-21(29)6-7-26(25)37-19)18-24(27(20)35)28(36)30-8-12-31-9-2-3-10-31/h6-7,13-15,18,23,34H,1-5,8-12,16-17H2,(H,30,36)/b20-14+,22-13+. The van der Waals surface area contributed by atoms with Crippen LogP contribution in [-0.2, 0) is 9.59 Å². The molecule has 1 aromatic rings. The van der Waals surface area contributed by atoms with Crippen LogP contribution in [0.15, 0.2) is 65.7 Å². The molecule has 0 aliphatic carbocycles. The van der Waals surface area contributed by atoms with Gasteiger partial charge in [0.25, 0.3) is 5.91 Å². The maximum Gasteiger partial charge on any atom is 0.256 e. The van der Waals surface area contributed by atoms with Crippen LogP contribution in [0.1, 0.15) is 25.7 Å². The van der Waals surface area contributed by atoms with Crippen molar-refractivity contribution in [1.29, 1.82) is 0 Å². The first-order chi connectivity index (χ1) is 17.9. The lowest BCUT2D eigenvalue weighted by atomic mass is 9.96. The SMILES string of the molecule is C=C1/C=C(N2CCCC(O)C2)\C=C2/CN(C=C(C(=O)NCCN3CCCC3)C2=O)c2cc(Cl)ccc2O1. The molecule has 2 fully saturated rings. The Kier molecular flexibility index (Phi) is 7.69. The number of hydrogen-bond donors (Lipinski definition) is 2. The number of halogens is 1. The molecule has 9 heteroatoms. The third-order valence-corrected chi connectivity index (χ3v) is 7.42. The van der Waals surface area contributed by atoms with Crippen molar-refractivity contribution in [2.45, 2.75) is 31.8 Å². The number of allylic oxidation sites excluding steroid dienone is 2. The van der Waals surface area contributed by atoms with Gasteiger partial charge in [-0.25, -0.2) is 0 Å². The van der Waals surface area contributed by atoms with Gasteiger partial charge in [-0.3, -0.25) is 9.59 Å². The fourth-order valence-corrected chi connectivity index (χ4v) is 5.44. The highest BCUT2D eigenvalue weighted by molar-refractivity contribution is 6.31. The zero-order valence-electron chi connectivity index (χ0n) is 20.9. The summed E-state index contributed by atoms with van der Waals surface area (Å²) < 4.78 is 6.10. The summed E-state index contributed by atoms with van der Waals surface area (Å²) in [6.45, 7) is 8.83. The van der Waals surface area contributed by atoms with Gasteiger partial charge in [-0.1, -0.05) is 18.2 Å². The largest absolute Gasteiger partial charge is 0.456 e. The average molecular weight is 525 g/mol. The van der Waals surface area contributed by atoms with Gasteiger partial charge in [0.15, 0.2) is 11.5 Å². The third-order valence-electron chi connectivity index (χ3n) is 7.18. The van der Waals surface area contributed by atoms with Crippen LogP contribution in [0.4, 0.5) is 5.69 Å². The van der Waals surface area contributed by atoms with E-state index in [9.17, 15) is 14.7 Å². The van der Waals surface area contributed by atoms with Crippen LogP contribution in [0.25, 0.3) is 0 Å². The van der Waals surface area contributed by atoms with Crippen LogP contribution in [0, 0.1) is 0 Å². The zero-order chi connectivity index (χ0) is 25.9. The summed E-state index contributed by atoms with van der Waals surface area (Å²) in [5, 5.41) is 13.7. The van der Waals surface area contributed by atoms with Crippen LogP contribution < -0.4 is 15.0 Å². The van der Waals surface area contributed by atoms with Crippen LogP contribution >= 0.6 is 11.6 Å². The Balaban J connectivity index is 1.49. The monoisotopic (exact) mass is 524 g/mol. The number of aliphatic hydroxyl groups excluding tert-OH is 1. The van der Waals surface area contributed by atoms with E-state index in [-0.39, 0.29) is 17.9 Å². The minimum Gasteiger partial charge on any atom is -0.456 e. The Hall–Kier alpha value is -3.07. The maximum absolute atomic E-state index is 13.6. The quantitative estimate of drug-likeness (QED) is 0.573. The molecule has 2 N–H and O–H groups in total. The van der Waals surface area contributed by atoms with Crippen molar-refractivity contribution in [3.05, 3.63) is 70.8 Å². The number of benzene rings is 1. The van der Waals surface area contributed by atoms with Gasteiger partial charge in [-0.2, -0.15) is 0 Å². The predicted octanol–water partition coefficient (Wildman–Crippen LogP) is 3.00. The summed E-state index contributed by atoms with van der Waals surface area (Å²) in [7, 11) is 0. The number of aliphatic hydroxyl groups is 1. The smallest absolute Gasteiger partial charge is 0.256 e. The number of piperidine rings is 1. The second-order valence-corrected chi connectivity index (χ2v) is 10.4. The number of likely N-dealkylation sites (tertiary alicyclic amines) is 2. The lowest BCUT2D eigenvalue weighted by Gasteiger charge is -2.35.